The Morgan fingerprint density at radius 1 is 1.36 bits per heavy atom. The van der Waals surface area contributed by atoms with Crippen molar-refractivity contribution in [2.24, 2.45) is 5.92 Å². The Morgan fingerprint density at radius 3 is 2.64 bits per heavy atom. The van der Waals surface area contributed by atoms with E-state index in [0.29, 0.717) is 42.2 Å². The molecule has 0 spiro atoms. The summed E-state index contributed by atoms with van der Waals surface area (Å²) in [6.07, 6.45) is 1.59. The van der Waals surface area contributed by atoms with E-state index in [1.807, 2.05) is 0 Å². The molecule has 2 bridgehead atoms. The maximum Gasteiger partial charge on any atom is 0.169 e. The maximum atomic E-state index is 12.9. The van der Waals surface area contributed by atoms with Crippen molar-refractivity contribution in [2.45, 2.75) is 24.9 Å². The molecule has 1 aromatic carbocycles. The molecule has 2 aliphatic heterocycles. The third kappa shape index (κ3) is 2.60. The van der Waals surface area contributed by atoms with E-state index in [2.05, 4.69) is 18.0 Å². The first-order valence-corrected chi connectivity index (χ1v) is 7.56. The number of methoxy groups -OCH3 is 1. The van der Waals surface area contributed by atoms with Crippen LogP contribution in [-0.2, 0) is 4.74 Å². The van der Waals surface area contributed by atoms with Gasteiger partial charge in [0, 0.05) is 18.0 Å². The molecule has 22 heavy (non-hydrogen) atoms. The Kier molecular flexibility index (Phi) is 4.14. The van der Waals surface area contributed by atoms with Crippen LogP contribution in [0.4, 0.5) is 0 Å². The number of likely N-dealkylation sites (N-methyl/N-ethyl adjacent to an activating group) is 1. The van der Waals surface area contributed by atoms with Crippen LogP contribution in [0.2, 0.25) is 0 Å². The summed E-state index contributed by atoms with van der Waals surface area (Å²) >= 11 is 0. The number of carbonyl (C=O) groups excluding carboxylic acids is 1. The standard InChI is InChI=1S/C17H20N2O3/c1-19-13-6-12(7-14(19)10-22-9-13)17(20)15-5-11(8-18)3-4-16(15)21-2/h3-5,12-14H,6-7,9-10H2,1-2H3. The average molecular weight is 300 g/mol. The lowest BCUT2D eigenvalue weighted by Crippen LogP contribution is -2.55. The smallest absolute Gasteiger partial charge is 0.169 e. The van der Waals surface area contributed by atoms with Crippen LogP contribution in [0.15, 0.2) is 18.2 Å². The number of carbonyl (C=O) groups is 1. The van der Waals surface area contributed by atoms with Crippen LogP contribution in [0.5, 0.6) is 5.75 Å². The maximum absolute atomic E-state index is 12.9. The van der Waals surface area contributed by atoms with E-state index in [0.717, 1.165) is 12.8 Å². The summed E-state index contributed by atoms with van der Waals surface area (Å²) in [5.41, 5.74) is 1.01. The van der Waals surface area contributed by atoms with Crippen LogP contribution >= 0.6 is 0 Å². The summed E-state index contributed by atoms with van der Waals surface area (Å²) in [6.45, 7) is 1.37. The molecule has 0 N–H and O–H groups in total. The number of rotatable bonds is 3. The highest BCUT2D eigenvalue weighted by atomic mass is 16.5. The van der Waals surface area contributed by atoms with Crippen molar-refractivity contribution < 1.29 is 14.3 Å². The zero-order chi connectivity index (χ0) is 15.7. The largest absolute Gasteiger partial charge is 0.496 e. The Morgan fingerprint density at radius 2 is 2.05 bits per heavy atom. The molecule has 2 aliphatic rings. The van der Waals surface area contributed by atoms with Crippen molar-refractivity contribution in [3.8, 4) is 11.8 Å². The van der Waals surface area contributed by atoms with Gasteiger partial charge in [0.1, 0.15) is 5.75 Å². The summed E-state index contributed by atoms with van der Waals surface area (Å²) in [7, 11) is 3.66. The molecule has 0 saturated carbocycles. The first-order valence-electron chi connectivity index (χ1n) is 7.56. The van der Waals surface area contributed by atoms with Crippen molar-refractivity contribution in [2.75, 3.05) is 27.4 Å². The second-order valence-corrected chi connectivity index (χ2v) is 6.07. The normalized spacial score (nSPS) is 28.0. The Hall–Kier alpha value is -1.90. The fourth-order valence-corrected chi connectivity index (χ4v) is 3.50. The van der Waals surface area contributed by atoms with Gasteiger partial charge in [0.25, 0.3) is 0 Å². The molecule has 2 atom stereocenters. The second-order valence-electron chi connectivity index (χ2n) is 6.07. The summed E-state index contributed by atoms with van der Waals surface area (Å²) in [6, 6.07) is 7.70. The van der Waals surface area contributed by atoms with E-state index in [4.69, 9.17) is 14.7 Å². The molecule has 0 aromatic heterocycles. The number of Topliss-reactive ketones (excluding diaryl/α,β-unsaturated/α-hetero) is 1. The number of benzene rings is 1. The number of piperidine rings is 1. The molecule has 3 rings (SSSR count). The highest BCUT2D eigenvalue weighted by molar-refractivity contribution is 6.00. The summed E-state index contributed by atoms with van der Waals surface area (Å²) < 4.78 is 10.9. The van der Waals surface area contributed by atoms with Gasteiger partial charge in [0.2, 0.25) is 0 Å². The topological polar surface area (TPSA) is 62.6 Å². The Labute approximate surface area is 130 Å². The summed E-state index contributed by atoms with van der Waals surface area (Å²) in [4.78, 5) is 15.3. The molecule has 2 unspecified atom stereocenters. The van der Waals surface area contributed by atoms with Gasteiger partial charge in [-0.15, -0.1) is 0 Å². The first kappa shape index (κ1) is 15.0. The lowest BCUT2D eigenvalue weighted by molar-refractivity contribution is -0.0702. The minimum atomic E-state index is -0.0297. The molecule has 5 nitrogen and oxygen atoms in total. The number of ketones is 1. The van der Waals surface area contributed by atoms with E-state index in [1.165, 1.54) is 0 Å². The molecule has 2 heterocycles. The van der Waals surface area contributed by atoms with Crippen molar-refractivity contribution in [3.63, 3.8) is 0 Å². The minimum Gasteiger partial charge on any atom is -0.496 e. The van der Waals surface area contributed by atoms with Gasteiger partial charge in [0.05, 0.1) is 37.5 Å². The van der Waals surface area contributed by atoms with Gasteiger partial charge in [-0.3, -0.25) is 9.69 Å². The third-order valence-corrected chi connectivity index (χ3v) is 4.85. The van der Waals surface area contributed by atoms with E-state index in [1.54, 1.807) is 25.3 Å². The zero-order valence-electron chi connectivity index (χ0n) is 12.9. The van der Waals surface area contributed by atoms with Gasteiger partial charge < -0.3 is 9.47 Å². The zero-order valence-corrected chi connectivity index (χ0v) is 12.9. The lowest BCUT2D eigenvalue weighted by Gasteiger charge is -2.46. The molecule has 2 fully saturated rings. The van der Waals surface area contributed by atoms with Crippen LogP contribution in [0.25, 0.3) is 0 Å². The monoisotopic (exact) mass is 300 g/mol. The van der Waals surface area contributed by atoms with Crippen molar-refractivity contribution in [1.82, 2.24) is 4.90 Å². The molecular formula is C17H20N2O3. The molecule has 0 amide bonds. The number of nitriles is 1. The Bertz CT molecular complexity index is 609. The van der Waals surface area contributed by atoms with Gasteiger partial charge in [-0.25, -0.2) is 0 Å². The van der Waals surface area contributed by atoms with Crippen LogP contribution in [0, 0.1) is 17.2 Å². The molecule has 0 aliphatic carbocycles. The van der Waals surface area contributed by atoms with Gasteiger partial charge in [-0.05, 0) is 38.1 Å². The summed E-state index contributed by atoms with van der Waals surface area (Å²) in [5, 5.41) is 9.06. The second kappa shape index (κ2) is 6.07. The number of hydrogen-bond acceptors (Lipinski definition) is 5. The van der Waals surface area contributed by atoms with Crippen LogP contribution in [0.1, 0.15) is 28.8 Å². The van der Waals surface area contributed by atoms with Gasteiger partial charge in [0.15, 0.2) is 5.78 Å². The average Bonchev–Trinajstić information content (AvgIpc) is 2.53. The predicted octanol–water partition coefficient (Wildman–Crippen LogP) is 1.86. The van der Waals surface area contributed by atoms with Crippen molar-refractivity contribution >= 4 is 5.78 Å². The fourth-order valence-electron chi connectivity index (χ4n) is 3.50. The number of fused-ring (bicyclic) bond motifs is 2. The number of ether oxygens (including phenoxy) is 2. The summed E-state index contributed by atoms with van der Waals surface area (Å²) in [5.74, 6) is 0.598. The van der Waals surface area contributed by atoms with E-state index in [9.17, 15) is 4.79 Å². The highest BCUT2D eigenvalue weighted by Crippen LogP contribution is 2.34. The molecule has 5 heteroatoms. The van der Waals surface area contributed by atoms with Gasteiger partial charge in [-0.2, -0.15) is 5.26 Å². The Balaban J connectivity index is 1.87. The van der Waals surface area contributed by atoms with Gasteiger partial charge in [-0.1, -0.05) is 0 Å². The predicted molar refractivity (Wildman–Crippen MR) is 80.9 cm³/mol. The molecule has 0 radical (unpaired) electrons. The minimum absolute atomic E-state index is 0.0297. The van der Waals surface area contributed by atoms with E-state index < -0.39 is 0 Å². The lowest BCUT2D eigenvalue weighted by atomic mass is 9.80. The molecule has 2 saturated heterocycles. The number of hydrogen-bond donors (Lipinski definition) is 0. The van der Waals surface area contributed by atoms with E-state index >= 15 is 0 Å². The molecular weight excluding hydrogens is 280 g/mol. The third-order valence-electron chi connectivity index (χ3n) is 4.85. The van der Waals surface area contributed by atoms with Crippen LogP contribution in [-0.4, -0.2) is 50.1 Å². The van der Waals surface area contributed by atoms with Crippen molar-refractivity contribution in [3.05, 3.63) is 29.3 Å². The van der Waals surface area contributed by atoms with Crippen LogP contribution < -0.4 is 4.74 Å². The quantitative estimate of drug-likeness (QED) is 0.797. The highest BCUT2D eigenvalue weighted by Gasteiger charge is 2.40. The fraction of sp³-hybridized carbons (Fsp3) is 0.529. The first-order chi connectivity index (χ1) is 10.6. The number of morpholine rings is 1. The molecule has 116 valence electrons. The van der Waals surface area contributed by atoms with Gasteiger partial charge >= 0.3 is 0 Å². The SMILES string of the molecule is COc1ccc(C#N)cc1C(=O)C1CC2COCC(C1)N2C. The number of nitrogens with zero attached hydrogens (tertiary/aromatic N) is 2. The van der Waals surface area contributed by atoms with E-state index in [-0.39, 0.29) is 11.7 Å². The van der Waals surface area contributed by atoms with Crippen LogP contribution in [0.3, 0.4) is 0 Å². The van der Waals surface area contributed by atoms with Crippen molar-refractivity contribution in [1.29, 1.82) is 5.26 Å². The molecule has 1 aromatic rings.